The smallest absolute Gasteiger partial charge is 0.143 e. The zero-order chi connectivity index (χ0) is 21.9. The molecule has 7 aromatic rings. The molecule has 7 rings (SSSR count). The molecule has 5 aromatic carbocycles. The quantitative estimate of drug-likeness (QED) is 0.260. The van der Waals surface area contributed by atoms with E-state index in [1.165, 1.54) is 21.8 Å². The lowest BCUT2D eigenvalue weighted by atomic mass is 10.0. The number of rotatable bonds is 2. The number of furan rings is 1. The molecule has 2 heterocycles. The Bertz CT molecular complexity index is 1790. The highest BCUT2D eigenvalue weighted by molar-refractivity contribution is 6.32. The van der Waals surface area contributed by atoms with Crippen molar-refractivity contribution in [2.24, 2.45) is 0 Å². The number of hydrogen-bond acceptors (Lipinski definition) is 1. The van der Waals surface area contributed by atoms with Gasteiger partial charge in [0.15, 0.2) is 0 Å². The summed E-state index contributed by atoms with van der Waals surface area (Å²) in [6, 6.07) is 37.8. The van der Waals surface area contributed by atoms with Crippen molar-refractivity contribution in [3.05, 3.63) is 114 Å². The molecule has 2 aromatic heterocycles. The Morgan fingerprint density at radius 3 is 2.00 bits per heavy atom. The van der Waals surface area contributed by atoms with Gasteiger partial charge in [0.05, 0.1) is 11.0 Å². The first-order valence-corrected chi connectivity index (χ1v) is 11.4. The summed E-state index contributed by atoms with van der Waals surface area (Å²) in [5.74, 6) is 0. The Morgan fingerprint density at radius 2 is 1.24 bits per heavy atom. The van der Waals surface area contributed by atoms with Crippen molar-refractivity contribution in [3.8, 4) is 16.8 Å². The van der Waals surface area contributed by atoms with Crippen LogP contribution in [0.3, 0.4) is 0 Å². The first-order valence-electron chi connectivity index (χ1n) is 11.0. The number of nitrogens with zero attached hydrogens (tertiary/aromatic N) is 1. The standard InChI is InChI=1S/C30H18ClNO/c31-20-17-25(30-26(18-20)24-12-3-6-15-29(24)33-30)19-8-7-9-21(16-19)32-27-13-4-1-10-22(27)23-11-2-5-14-28(23)32/h1-18H. The topological polar surface area (TPSA) is 18.1 Å². The number of fused-ring (bicyclic) bond motifs is 6. The zero-order valence-corrected chi connectivity index (χ0v) is 18.4. The summed E-state index contributed by atoms with van der Waals surface area (Å²) in [5, 5.41) is 5.32. The first-order chi connectivity index (χ1) is 16.3. The Labute approximate surface area is 195 Å². The van der Waals surface area contributed by atoms with E-state index >= 15 is 0 Å². The molecule has 0 aliphatic heterocycles. The van der Waals surface area contributed by atoms with Crippen LogP contribution in [0, 0.1) is 0 Å². The van der Waals surface area contributed by atoms with Gasteiger partial charge in [0.2, 0.25) is 0 Å². The summed E-state index contributed by atoms with van der Waals surface area (Å²) in [4.78, 5) is 0. The molecule has 0 saturated carbocycles. The molecule has 0 amide bonds. The molecule has 33 heavy (non-hydrogen) atoms. The molecule has 0 unspecified atom stereocenters. The molecule has 0 bridgehead atoms. The van der Waals surface area contributed by atoms with Crippen molar-refractivity contribution in [1.29, 1.82) is 0 Å². The van der Waals surface area contributed by atoms with Gasteiger partial charge in [-0.25, -0.2) is 0 Å². The van der Waals surface area contributed by atoms with Gasteiger partial charge < -0.3 is 8.98 Å². The van der Waals surface area contributed by atoms with E-state index < -0.39 is 0 Å². The first kappa shape index (κ1) is 18.6. The molecule has 0 saturated heterocycles. The second-order valence-electron chi connectivity index (χ2n) is 8.35. The lowest BCUT2D eigenvalue weighted by molar-refractivity contribution is 0.670. The van der Waals surface area contributed by atoms with Crippen LogP contribution in [0.15, 0.2) is 114 Å². The molecule has 0 aliphatic rings. The molecule has 0 fully saturated rings. The molecule has 0 spiro atoms. The van der Waals surface area contributed by atoms with E-state index in [4.69, 9.17) is 16.0 Å². The van der Waals surface area contributed by atoms with Crippen molar-refractivity contribution < 1.29 is 4.42 Å². The van der Waals surface area contributed by atoms with E-state index in [-0.39, 0.29) is 0 Å². The second kappa shape index (κ2) is 6.99. The van der Waals surface area contributed by atoms with Crippen molar-refractivity contribution in [3.63, 3.8) is 0 Å². The molecule has 0 aliphatic carbocycles. The van der Waals surface area contributed by atoms with Gasteiger partial charge in [0.25, 0.3) is 0 Å². The van der Waals surface area contributed by atoms with Gasteiger partial charge in [0, 0.05) is 37.8 Å². The predicted octanol–water partition coefficient (Wildman–Crippen LogP) is 9.00. The lowest BCUT2D eigenvalue weighted by Crippen LogP contribution is -1.94. The third kappa shape index (κ3) is 2.75. The van der Waals surface area contributed by atoms with Crippen LogP contribution in [0.2, 0.25) is 5.02 Å². The van der Waals surface area contributed by atoms with Gasteiger partial charge >= 0.3 is 0 Å². The average Bonchev–Trinajstić information content (AvgIpc) is 3.40. The van der Waals surface area contributed by atoms with Crippen molar-refractivity contribution in [1.82, 2.24) is 4.57 Å². The summed E-state index contributed by atoms with van der Waals surface area (Å²) in [6.45, 7) is 0. The van der Waals surface area contributed by atoms with E-state index in [0.717, 1.165) is 38.8 Å². The van der Waals surface area contributed by atoms with Crippen LogP contribution in [-0.2, 0) is 0 Å². The number of halogens is 1. The molecule has 3 heteroatoms. The Hall–Kier alpha value is -4.01. The van der Waals surface area contributed by atoms with E-state index in [1.54, 1.807) is 0 Å². The Morgan fingerprint density at radius 1 is 0.576 bits per heavy atom. The third-order valence-corrected chi connectivity index (χ3v) is 6.66. The van der Waals surface area contributed by atoms with Crippen LogP contribution in [0.25, 0.3) is 60.6 Å². The third-order valence-electron chi connectivity index (χ3n) is 6.44. The number of aromatic nitrogens is 1. The number of para-hydroxylation sites is 3. The summed E-state index contributed by atoms with van der Waals surface area (Å²) in [5.41, 5.74) is 7.28. The highest BCUT2D eigenvalue weighted by atomic mass is 35.5. The summed E-state index contributed by atoms with van der Waals surface area (Å²) in [6.07, 6.45) is 0. The van der Waals surface area contributed by atoms with Crippen molar-refractivity contribution >= 4 is 55.3 Å². The van der Waals surface area contributed by atoms with Gasteiger partial charge in [-0.15, -0.1) is 0 Å². The van der Waals surface area contributed by atoms with Gasteiger partial charge in [-0.1, -0.05) is 78.3 Å². The van der Waals surface area contributed by atoms with Gasteiger partial charge in [-0.05, 0) is 48.0 Å². The fraction of sp³-hybridized carbons (Fsp3) is 0. The fourth-order valence-corrected chi connectivity index (χ4v) is 5.24. The SMILES string of the molecule is Clc1cc(-c2cccc(-n3c4ccccc4c4ccccc43)c2)c2oc3ccccc3c2c1. The lowest BCUT2D eigenvalue weighted by Gasteiger charge is -2.11. The largest absolute Gasteiger partial charge is 0.455 e. The van der Waals surface area contributed by atoms with Crippen LogP contribution < -0.4 is 0 Å². The van der Waals surface area contributed by atoms with Gasteiger partial charge in [0.1, 0.15) is 11.2 Å². The average molecular weight is 444 g/mol. The van der Waals surface area contributed by atoms with Crippen LogP contribution >= 0.6 is 11.6 Å². The monoisotopic (exact) mass is 443 g/mol. The minimum absolute atomic E-state index is 0.700. The van der Waals surface area contributed by atoms with Gasteiger partial charge in [-0.2, -0.15) is 0 Å². The normalized spacial score (nSPS) is 11.8. The summed E-state index contributed by atoms with van der Waals surface area (Å²) in [7, 11) is 0. The fourth-order valence-electron chi connectivity index (χ4n) is 5.02. The molecule has 0 N–H and O–H groups in total. The van der Waals surface area contributed by atoms with Crippen LogP contribution in [-0.4, -0.2) is 4.57 Å². The maximum Gasteiger partial charge on any atom is 0.143 e. The number of benzene rings is 5. The van der Waals surface area contributed by atoms with E-state index in [0.29, 0.717) is 5.02 Å². The van der Waals surface area contributed by atoms with E-state index in [9.17, 15) is 0 Å². The molecule has 0 radical (unpaired) electrons. The van der Waals surface area contributed by atoms with Crippen LogP contribution in [0.5, 0.6) is 0 Å². The zero-order valence-electron chi connectivity index (χ0n) is 17.6. The maximum absolute atomic E-state index is 6.58. The maximum atomic E-state index is 6.58. The molecule has 156 valence electrons. The second-order valence-corrected chi connectivity index (χ2v) is 8.78. The molecular weight excluding hydrogens is 426 g/mol. The summed E-state index contributed by atoms with van der Waals surface area (Å²) < 4.78 is 8.63. The molecule has 2 nitrogen and oxygen atoms in total. The highest BCUT2D eigenvalue weighted by Crippen LogP contribution is 2.39. The minimum Gasteiger partial charge on any atom is -0.455 e. The summed E-state index contributed by atoms with van der Waals surface area (Å²) >= 11 is 6.58. The van der Waals surface area contributed by atoms with Crippen LogP contribution in [0.1, 0.15) is 0 Å². The minimum atomic E-state index is 0.700. The molecular formula is C30H18ClNO. The van der Waals surface area contributed by atoms with Gasteiger partial charge in [-0.3, -0.25) is 0 Å². The Kier molecular flexibility index (Phi) is 3.93. The highest BCUT2D eigenvalue weighted by Gasteiger charge is 2.16. The predicted molar refractivity (Wildman–Crippen MR) is 139 cm³/mol. The molecule has 0 atom stereocenters. The van der Waals surface area contributed by atoms with Crippen LogP contribution in [0.4, 0.5) is 0 Å². The Balaban J connectivity index is 1.52. The van der Waals surface area contributed by atoms with E-state index in [1.807, 2.05) is 30.3 Å². The van der Waals surface area contributed by atoms with E-state index in [2.05, 4.69) is 83.4 Å². The van der Waals surface area contributed by atoms with Crippen molar-refractivity contribution in [2.45, 2.75) is 0 Å². The van der Waals surface area contributed by atoms with Crippen molar-refractivity contribution in [2.75, 3.05) is 0 Å². The number of hydrogen-bond donors (Lipinski definition) is 0.